The van der Waals surface area contributed by atoms with E-state index in [1.165, 1.54) is 11.1 Å². The molecule has 2 fully saturated rings. The second-order valence-corrected chi connectivity index (χ2v) is 7.41. The summed E-state index contributed by atoms with van der Waals surface area (Å²) in [6, 6.07) is 8.51. The Morgan fingerprint density at radius 3 is 2.30 bits per heavy atom. The average Bonchev–Trinajstić information content (AvgIpc) is 2.72. The van der Waals surface area contributed by atoms with E-state index in [0.29, 0.717) is 0 Å². The Balaban J connectivity index is 1.37. The van der Waals surface area contributed by atoms with E-state index in [-0.39, 0.29) is 6.10 Å². The van der Waals surface area contributed by atoms with Gasteiger partial charge < -0.3 is 19.3 Å². The van der Waals surface area contributed by atoms with Crippen molar-refractivity contribution in [3.63, 3.8) is 0 Å². The molecule has 2 aromatic rings. The Labute approximate surface area is 161 Å². The van der Waals surface area contributed by atoms with Crippen LogP contribution in [0.25, 0.3) is 0 Å². The fourth-order valence-corrected chi connectivity index (χ4v) is 3.69. The normalized spacial score (nSPS) is 18.6. The molecule has 0 amide bonds. The smallest absolute Gasteiger partial charge is 0.134 e. The Hall–Kier alpha value is -2.34. The number of ether oxygens (including phenoxy) is 2. The summed E-state index contributed by atoms with van der Waals surface area (Å²) in [7, 11) is 0. The Morgan fingerprint density at radius 2 is 1.59 bits per heavy atom. The van der Waals surface area contributed by atoms with Gasteiger partial charge in [0, 0.05) is 45.1 Å². The lowest BCUT2D eigenvalue weighted by Gasteiger charge is -2.34. The topological polar surface area (TPSA) is 50.7 Å². The van der Waals surface area contributed by atoms with Gasteiger partial charge in [0.05, 0.1) is 13.2 Å². The first-order chi connectivity index (χ1) is 13.2. The third-order valence-electron chi connectivity index (χ3n) is 5.38. The van der Waals surface area contributed by atoms with Gasteiger partial charge in [0.25, 0.3) is 0 Å². The van der Waals surface area contributed by atoms with E-state index in [0.717, 1.165) is 69.6 Å². The first-order valence-corrected chi connectivity index (χ1v) is 9.82. The summed E-state index contributed by atoms with van der Waals surface area (Å²) in [5.41, 5.74) is 2.44. The molecule has 6 heteroatoms. The van der Waals surface area contributed by atoms with E-state index in [2.05, 4.69) is 57.9 Å². The molecule has 2 aliphatic heterocycles. The molecule has 1 aromatic heterocycles. The number of hydrogen-bond acceptors (Lipinski definition) is 6. The molecular formula is C21H28N4O2. The summed E-state index contributed by atoms with van der Waals surface area (Å²) >= 11 is 0. The SMILES string of the molecule is Cc1ccc(C)c(OC2CCN(c3cc(N4CCOCC4)ncn3)CC2)c1. The summed E-state index contributed by atoms with van der Waals surface area (Å²) in [6.45, 7) is 9.43. The fourth-order valence-electron chi connectivity index (χ4n) is 3.69. The maximum atomic E-state index is 6.29. The highest BCUT2D eigenvalue weighted by Crippen LogP contribution is 2.26. The Bertz CT molecular complexity index is 769. The van der Waals surface area contributed by atoms with E-state index >= 15 is 0 Å². The maximum absolute atomic E-state index is 6.29. The summed E-state index contributed by atoms with van der Waals surface area (Å²) in [5, 5.41) is 0. The van der Waals surface area contributed by atoms with Crippen LogP contribution in [0.5, 0.6) is 5.75 Å². The lowest BCUT2D eigenvalue weighted by molar-refractivity contribution is 0.122. The van der Waals surface area contributed by atoms with Crippen LogP contribution in [-0.4, -0.2) is 55.5 Å². The van der Waals surface area contributed by atoms with E-state index in [1.807, 2.05) is 0 Å². The number of hydrogen-bond donors (Lipinski definition) is 0. The molecule has 0 aliphatic carbocycles. The van der Waals surface area contributed by atoms with Crippen molar-refractivity contribution in [2.24, 2.45) is 0 Å². The number of nitrogens with zero attached hydrogens (tertiary/aromatic N) is 4. The zero-order valence-corrected chi connectivity index (χ0v) is 16.2. The molecular weight excluding hydrogens is 340 g/mol. The van der Waals surface area contributed by atoms with Gasteiger partial charge in [-0.15, -0.1) is 0 Å². The predicted octanol–water partition coefficient (Wildman–Crippen LogP) is 2.98. The van der Waals surface area contributed by atoms with Crippen molar-refractivity contribution in [2.75, 3.05) is 49.2 Å². The maximum Gasteiger partial charge on any atom is 0.134 e. The number of piperidine rings is 1. The summed E-state index contributed by atoms with van der Waals surface area (Å²) in [5.74, 6) is 3.03. The summed E-state index contributed by atoms with van der Waals surface area (Å²) in [4.78, 5) is 13.6. The van der Waals surface area contributed by atoms with Crippen LogP contribution in [0, 0.1) is 13.8 Å². The summed E-state index contributed by atoms with van der Waals surface area (Å²) in [6.07, 6.45) is 3.95. The molecule has 4 rings (SSSR count). The zero-order valence-electron chi connectivity index (χ0n) is 16.2. The van der Waals surface area contributed by atoms with E-state index in [4.69, 9.17) is 9.47 Å². The van der Waals surface area contributed by atoms with Crippen LogP contribution in [0.4, 0.5) is 11.6 Å². The fraction of sp³-hybridized carbons (Fsp3) is 0.524. The molecule has 0 atom stereocenters. The largest absolute Gasteiger partial charge is 0.490 e. The van der Waals surface area contributed by atoms with Gasteiger partial charge in [-0.25, -0.2) is 9.97 Å². The quantitative estimate of drug-likeness (QED) is 0.827. The van der Waals surface area contributed by atoms with E-state index in [9.17, 15) is 0 Å². The van der Waals surface area contributed by atoms with Gasteiger partial charge in [-0.1, -0.05) is 12.1 Å². The van der Waals surface area contributed by atoms with E-state index < -0.39 is 0 Å². The van der Waals surface area contributed by atoms with Gasteiger partial charge in [0.1, 0.15) is 29.8 Å². The first kappa shape index (κ1) is 18.0. The number of morpholine rings is 1. The third-order valence-corrected chi connectivity index (χ3v) is 5.38. The monoisotopic (exact) mass is 368 g/mol. The molecule has 0 bridgehead atoms. The van der Waals surface area contributed by atoms with Crippen molar-refractivity contribution in [1.82, 2.24) is 9.97 Å². The lowest BCUT2D eigenvalue weighted by atomic mass is 10.1. The van der Waals surface area contributed by atoms with Gasteiger partial charge in [-0.2, -0.15) is 0 Å². The molecule has 0 N–H and O–H groups in total. The van der Waals surface area contributed by atoms with Crippen LogP contribution in [-0.2, 0) is 4.74 Å². The molecule has 0 spiro atoms. The van der Waals surface area contributed by atoms with Gasteiger partial charge in [-0.3, -0.25) is 0 Å². The molecule has 1 aromatic carbocycles. The molecule has 144 valence electrons. The van der Waals surface area contributed by atoms with Crippen LogP contribution in [0.15, 0.2) is 30.6 Å². The molecule has 2 aliphatic rings. The molecule has 2 saturated heterocycles. The van der Waals surface area contributed by atoms with Gasteiger partial charge in [0.15, 0.2) is 0 Å². The van der Waals surface area contributed by atoms with Crippen LogP contribution in [0.2, 0.25) is 0 Å². The molecule has 0 unspecified atom stereocenters. The van der Waals surface area contributed by atoms with Crippen LogP contribution in [0.1, 0.15) is 24.0 Å². The second kappa shape index (κ2) is 8.13. The number of anilines is 2. The zero-order chi connectivity index (χ0) is 18.6. The van der Waals surface area contributed by atoms with Gasteiger partial charge in [-0.05, 0) is 31.0 Å². The van der Waals surface area contributed by atoms with Crippen LogP contribution >= 0.6 is 0 Å². The van der Waals surface area contributed by atoms with Gasteiger partial charge in [0.2, 0.25) is 0 Å². The molecule has 27 heavy (non-hydrogen) atoms. The molecule has 0 radical (unpaired) electrons. The number of rotatable bonds is 4. The second-order valence-electron chi connectivity index (χ2n) is 7.41. The average molecular weight is 368 g/mol. The lowest BCUT2D eigenvalue weighted by Crippen LogP contribution is -2.39. The summed E-state index contributed by atoms with van der Waals surface area (Å²) < 4.78 is 11.7. The predicted molar refractivity (Wildman–Crippen MR) is 107 cm³/mol. The van der Waals surface area contributed by atoms with Crippen molar-refractivity contribution in [1.29, 1.82) is 0 Å². The number of benzene rings is 1. The van der Waals surface area contributed by atoms with Crippen LogP contribution in [0.3, 0.4) is 0 Å². The first-order valence-electron chi connectivity index (χ1n) is 9.82. The van der Waals surface area contributed by atoms with Crippen molar-refractivity contribution < 1.29 is 9.47 Å². The minimum absolute atomic E-state index is 0.266. The number of aromatic nitrogens is 2. The van der Waals surface area contributed by atoms with Crippen molar-refractivity contribution in [3.05, 3.63) is 41.7 Å². The minimum Gasteiger partial charge on any atom is -0.490 e. The Kier molecular flexibility index (Phi) is 5.43. The molecule has 6 nitrogen and oxygen atoms in total. The van der Waals surface area contributed by atoms with E-state index in [1.54, 1.807) is 6.33 Å². The standard InChI is InChI=1S/C21H28N4O2/c1-16-3-4-17(2)19(13-16)27-18-5-7-24(8-6-18)20-14-21(23-15-22-20)25-9-11-26-12-10-25/h3-4,13-15,18H,5-12H2,1-2H3. The highest BCUT2D eigenvalue weighted by Gasteiger charge is 2.23. The Morgan fingerprint density at radius 1 is 0.926 bits per heavy atom. The van der Waals surface area contributed by atoms with Gasteiger partial charge >= 0.3 is 0 Å². The van der Waals surface area contributed by atoms with Crippen molar-refractivity contribution >= 4 is 11.6 Å². The highest BCUT2D eigenvalue weighted by molar-refractivity contribution is 5.50. The highest BCUT2D eigenvalue weighted by atomic mass is 16.5. The van der Waals surface area contributed by atoms with Crippen LogP contribution < -0.4 is 14.5 Å². The van der Waals surface area contributed by atoms with Crippen molar-refractivity contribution in [3.8, 4) is 5.75 Å². The molecule has 3 heterocycles. The molecule has 0 saturated carbocycles. The third kappa shape index (κ3) is 4.33. The van der Waals surface area contributed by atoms with Crippen molar-refractivity contribution in [2.45, 2.75) is 32.8 Å². The minimum atomic E-state index is 0.266. The number of aryl methyl sites for hydroxylation is 2.